The largest absolute Gasteiger partial charge is 0.335 e. The molecule has 0 aromatic carbocycles. The van der Waals surface area contributed by atoms with Gasteiger partial charge in [0.1, 0.15) is 0 Å². The van der Waals surface area contributed by atoms with Gasteiger partial charge in [0.05, 0.1) is 6.04 Å². The van der Waals surface area contributed by atoms with Crippen LogP contribution in [0.4, 0.5) is 0 Å². The Morgan fingerprint density at radius 3 is 3.22 bits per heavy atom. The SMILES string of the molecule is CCCCN=C(NN)N1CCc2sccc2C1C. The number of aliphatic imine (C=N–C) groups is 1. The van der Waals surface area contributed by atoms with Crippen LogP contribution in [0.5, 0.6) is 0 Å². The molecule has 1 unspecified atom stereocenters. The second kappa shape index (κ2) is 6.20. The molecule has 0 spiro atoms. The number of nitrogens with two attached hydrogens (primary N) is 1. The van der Waals surface area contributed by atoms with Gasteiger partial charge in [-0.2, -0.15) is 0 Å². The number of thiophene rings is 1. The standard InChI is InChI=1S/C13H22N4S/c1-3-4-7-15-13(16-14)17-8-5-12-11(10(17)2)6-9-18-12/h6,9-10H,3-5,7-8,14H2,1-2H3,(H,15,16). The summed E-state index contributed by atoms with van der Waals surface area (Å²) in [5, 5.41) is 2.18. The third-order valence-corrected chi connectivity index (χ3v) is 4.45. The van der Waals surface area contributed by atoms with Crippen molar-refractivity contribution in [2.45, 2.75) is 39.2 Å². The maximum atomic E-state index is 5.62. The minimum absolute atomic E-state index is 0.358. The van der Waals surface area contributed by atoms with Crippen molar-refractivity contribution in [3.05, 3.63) is 21.9 Å². The van der Waals surface area contributed by atoms with Gasteiger partial charge in [0, 0.05) is 18.0 Å². The van der Waals surface area contributed by atoms with Crippen LogP contribution >= 0.6 is 11.3 Å². The van der Waals surface area contributed by atoms with Gasteiger partial charge in [-0.05, 0) is 36.8 Å². The van der Waals surface area contributed by atoms with E-state index in [1.165, 1.54) is 10.4 Å². The Balaban J connectivity index is 2.11. The lowest BCUT2D eigenvalue weighted by molar-refractivity contribution is 0.310. The van der Waals surface area contributed by atoms with Crippen molar-refractivity contribution in [2.24, 2.45) is 10.8 Å². The zero-order valence-electron chi connectivity index (χ0n) is 11.1. The van der Waals surface area contributed by atoms with Crippen molar-refractivity contribution >= 4 is 17.3 Å². The molecule has 0 saturated carbocycles. The summed E-state index contributed by atoms with van der Waals surface area (Å²) in [6.45, 7) is 6.23. The number of hydrogen-bond acceptors (Lipinski definition) is 3. The Morgan fingerprint density at radius 2 is 2.50 bits per heavy atom. The van der Waals surface area contributed by atoms with Crippen LogP contribution in [-0.4, -0.2) is 23.9 Å². The summed E-state index contributed by atoms with van der Waals surface area (Å²) in [5.41, 5.74) is 4.18. The summed E-state index contributed by atoms with van der Waals surface area (Å²) < 4.78 is 0. The third kappa shape index (κ3) is 2.67. The van der Waals surface area contributed by atoms with Gasteiger partial charge in [-0.3, -0.25) is 10.4 Å². The van der Waals surface area contributed by atoms with Crippen molar-refractivity contribution < 1.29 is 0 Å². The van der Waals surface area contributed by atoms with E-state index in [1.54, 1.807) is 0 Å². The Kier molecular flexibility index (Phi) is 4.60. The van der Waals surface area contributed by atoms with E-state index in [2.05, 4.69) is 40.6 Å². The number of unbranched alkanes of at least 4 members (excludes halogenated alkanes) is 1. The molecule has 1 atom stereocenters. The molecule has 0 bridgehead atoms. The number of nitrogens with zero attached hydrogens (tertiary/aromatic N) is 2. The topological polar surface area (TPSA) is 53.6 Å². The fourth-order valence-corrected chi connectivity index (χ4v) is 3.32. The van der Waals surface area contributed by atoms with Gasteiger partial charge in [-0.1, -0.05) is 13.3 Å². The van der Waals surface area contributed by atoms with Crippen molar-refractivity contribution in [1.82, 2.24) is 10.3 Å². The quantitative estimate of drug-likeness (QED) is 0.290. The summed E-state index contributed by atoms with van der Waals surface area (Å²) in [6, 6.07) is 2.58. The van der Waals surface area contributed by atoms with Crippen LogP contribution in [0.25, 0.3) is 0 Å². The Bertz CT molecular complexity index is 413. The molecule has 4 nitrogen and oxygen atoms in total. The average molecular weight is 266 g/mol. The van der Waals surface area contributed by atoms with Crippen LogP contribution in [0.15, 0.2) is 16.4 Å². The normalized spacial score (nSPS) is 19.8. The Labute approximate surface area is 113 Å². The van der Waals surface area contributed by atoms with Gasteiger partial charge in [0.15, 0.2) is 0 Å². The van der Waals surface area contributed by atoms with Crippen LogP contribution in [0.1, 0.15) is 43.2 Å². The molecule has 0 radical (unpaired) electrons. The first-order valence-electron chi connectivity index (χ1n) is 6.62. The molecule has 1 aromatic heterocycles. The van der Waals surface area contributed by atoms with E-state index in [-0.39, 0.29) is 0 Å². The van der Waals surface area contributed by atoms with Crippen LogP contribution in [0.3, 0.4) is 0 Å². The molecule has 1 aromatic rings. The maximum absolute atomic E-state index is 5.62. The number of rotatable bonds is 3. The molecule has 100 valence electrons. The number of guanidine groups is 1. The lowest BCUT2D eigenvalue weighted by Gasteiger charge is -2.35. The van der Waals surface area contributed by atoms with E-state index < -0.39 is 0 Å². The summed E-state index contributed by atoms with van der Waals surface area (Å²) in [5.74, 6) is 6.45. The highest BCUT2D eigenvalue weighted by atomic mass is 32.1. The van der Waals surface area contributed by atoms with Gasteiger partial charge in [0.25, 0.3) is 0 Å². The molecule has 0 amide bonds. The van der Waals surface area contributed by atoms with Gasteiger partial charge >= 0.3 is 0 Å². The van der Waals surface area contributed by atoms with E-state index in [9.17, 15) is 0 Å². The van der Waals surface area contributed by atoms with Gasteiger partial charge in [0.2, 0.25) is 5.96 Å². The lowest BCUT2D eigenvalue weighted by Crippen LogP contribution is -2.48. The van der Waals surface area contributed by atoms with Crippen molar-refractivity contribution in [2.75, 3.05) is 13.1 Å². The van der Waals surface area contributed by atoms with E-state index >= 15 is 0 Å². The van der Waals surface area contributed by atoms with Crippen molar-refractivity contribution in [3.63, 3.8) is 0 Å². The zero-order valence-corrected chi connectivity index (χ0v) is 12.0. The van der Waals surface area contributed by atoms with Crippen molar-refractivity contribution in [3.8, 4) is 0 Å². The number of nitrogens with one attached hydrogen (secondary N) is 1. The first-order chi connectivity index (χ1) is 8.77. The highest BCUT2D eigenvalue weighted by Crippen LogP contribution is 2.32. The highest BCUT2D eigenvalue weighted by Gasteiger charge is 2.26. The molecule has 5 heteroatoms. The molecule has 2 heterocycles. The predicted molar refractivity (Wildman–Crippen MR) is 77.7 cm³/mol. The fraction of sp³-hybridized carbons (Fsp3) is 0.615. The summed E-state index contributed by atoms with van der Waals surface area (Å²) >= 11 is 1.85. The number of fused-ring (bicyclic) bond motifs is 1. The van der Waals surface area contributed by atoms with E-state index in [4.69, 9.17) is 5.84 Å². The summed E-state index contributed by atoms with van der Waals surface area (Å²) in [4.78, 5) is 8.35. The second-order valence-electron chi connectivity index (χ2n) is 4.62. The monoisotopic (exact) mass is 266 g/mol. The first kappa shape index (κ1) is 13.4. The summed E-state index contributed by atoms with van der Waals surface area (Å²) in [6.07, 6.45) is 3.36. The van der Waals surface area contributed by atoms with Crippen LogP contribution in [0, 0.1) is 0 Å². The minimum atomic E-state index is 0.358. The molecular formula is C13H22N4S. The minimum Gasteiger partial charge on any atom is -0.335 e. The highest BCUT2D eigenvalue weighted by molar-refractivity contribution is 7.10. The molecule has 0 fully saturated rings. The van der Waals surface area contributed by atoms with E-state index in [0.717, 1.165) is 38.3 Å². The fourth-order valence-electron chi connectivity index (χ4n) is 2.36. The van der Waals surface area contributed by atoms with Gasteiger partial charge < -0.3 is 4.90 Å². The molecule has 1 aliphatic heterocycles. The van der Waals surface area contributed by atoms with Crippen LogP contribution in [0.2, 0.25) is 0 Å². The second-order valence-corrected chi connectivity index (χ2v) is 5.62. The zero-order chi connectivity index (χ0) is 13.0. The van der Waals surface area contributed by atoms with Gasteiger partial charge in [-0.15, -0.1) is 11.3 Å². The molecule has 18 heavy (non-hydrogen) atoms. The third-order valence-electron chi connectivity index (χ3n) is 3.45. The Hall–Kier alpha value is -1.07. The van der Waals surface area contributed by atoms with Crippen LogP contribution in [-0.2, 0) is 6.42 Å². The average Bonchev–Trinajstić information content (AvgIpc) is 2.85. The molecule has 3 N–H and O–H groups in total. The van der Waals surface area contributed by atoms with E-state index in [0.29, 0.717) is 6.04 Å². The molecule has 0 aliphatic carbocycles. The molecule has 1 aliphatic rings. The van der Waals surface area contributed by atoms with Crippen LogP contribution < -0.4 is 11.3 Å². The number of hydrazine groups is 1. The van der Waals surface area contributed by atoms with E-state index in [1.807, 2.05) is 11.3 Å². The molecular weight excluding hydrogens is 244 g/mol. The van der Waals surface area contributed by atoms with Gasteiger partial charge in [-0.25, -0.2) is 5.84 Å². The predicted octanol–water partition coefficient (Wildman–Crippen LogP) is 2.29. The maximum Gasteiger partial charge on any atom is 0.208 e. The smallest absolute Gasteiger partial charge is 0.208 e. The molecule has 2 rings (SSSR count). The lowest BCUT2D eigenvalue weighted by atomic mass is 10.0. The number of hydrogen-bond donors (Lipinski definition) is 2. The van der Waals surface area contributed by atoms with Crippen molar-refractivity contribution in [1.29, 1.82) is 0 Å². The summed E-state index contributed by atoms with van der Waals surface area (Å²) in [7, 11) is 0. The molecule has 0 saturated heterocycles. The Morgan fingerprint density at radius 1 is 1.67 bits per heavy atom. The first-order valence-corrected chi connectivity index (χ1v) is 7.49.